The van der Waals surface area contributed by atoms with Gasteiger partial charge in [-0.25, -0.2) is 0 Å². The molecule has 5 heteroatoms. The number of carbonyl (C=O) groups is 1. The lowest BCUT2D eigenvalue weighted by atomic mass is 9.79. The molecule has 1 fully saturated rings. The number of rotatable bonds is 8. The number of nitrogens with one attached hydrogen (secondary N) is 1. The van der Waals surface area contributed by atoms with Gasteiger partial charge in [-0.15, -0.1) is 0 Å². The maximum atomic E-state index is 11.9. The van der Waals surface area contributed by atoms with Crippen LogP contribution < -0.4 is 11.1 Å². The van der Waals surface area contributed by atoms with Gasteiger partial charge in [0.05, 0.1) is 18.8 Å². The largest absolute Gasteiger partial charge is 0.379 e. The molecule has 1 aliphatic rings. The summed E-state index contributed by atoms with van der Waals surface area (Å²) in [5.74, 6) is -0.267. The van der Waals surface area contributed by atoms with E-state index in [1.54, 1.807) is 0 Å². The quantitative estimate of drug-likeness (QED) is 0.710. The van der Waals surface area contributed by atoms with E-state index in [1.165, 1.54) is 0 Å². The van der Waals surface area contributed by atoms with E-state index in [1.807, 2.05) is 27.7 Å². The first-order chi connectivity index (χ1) is 9.39. The summed E-state index contributed by atoms with van der Waals surface area (Å²) < 4.78 is 11.4. The molecule has 0 heterocycles. The minimum Gasteiger partial charge on any atom is -0.379 e. The highest BCUT2D eigenvalue weighted by molar-refractivity contribution is 5.84. The van der Waals surface area contributed by atoms with Crippen molar-refractivity contribution in [1.82, 2.24) is 5.32 Å². The van der Waals surface area contributed by atoms with Crippen molar-refractivity contribution in [2.75, 3.05) is 13.2 Å². The van der Waals surface area contributed by atoms with Crippen LogP contribution in [0.25, 0.3) is 0 Å². The number of primary amides is 1. The van der Waals surface area contributed by atoms with E-state index in [0.717, 1.165) is 19.3 Å². The smallest absolute Gasteiger partial charge is 0.237 e. The van der Waals surface area contributed by atoms with Crippen LogP contribution in [-0.4, -0.2) is 42.9 Å². The molecule has 0 bridgehead atoms. The number of ether oxygens (including phenoxy) is 2. The summed E-state index contributed by atoms with van der Waals surface area (Å²) in [6, 6.07) is 0.224. The van der Waals surface area contributed by atoms with Crippen molar-refractivity contribution in [3.63, 3.8) is 0 Å². The molecule has 20 heavy (non-hydrogen) atoms. The van der Waals surface area contributed by atoms with Gasteiger partial charge >= 0.3 is 0 Å². The van der Waals surface area contributed by atoms with E-state index in [4.69, 9.17) is 15.2 Å². The monoisotopic (exact) mass is 286 g/mol. The SMILES string of the molecule is CCOCC(C)OC1CCCC(NC(C)C)(C(N)=O)C1. The first-order valence-corrected chi connectivity index (χ1v) is 7.70. The lowest BCUT2D eigenvalue weighted by molar-refractivity contribution is -0.131. The van der Waals surface area contributed by atoms with Crippen LogP contribution in [0.4, 0.5) is 0 Å². The summed E-state index contributed by atoms with van der Waals surface area (Å²) in [5, 5.41) is 3.36. The highest BCUT2D eigenvalue weighted by Crippen LogP contribution is 2.31. The summed E-state index contributed by atoms with van der Waals surface area (Å²) in [4.78, 5) is 11.9. The van der Waals surface area contributed by atoms with Crippen LogP contribution in [0.3, 0.4) is 0 Å². The summed E-state index contributed by atoms with van der Waals surface area (Å²) >= 11 is 0. The minimum atomic E-state index is -0.623. The van der Waals surface area contributed by atoms with Crippen molar-refractivity contribution in [1.29, 1.82) is 0 Å². The molecule has 0 aliphatic heterocycles. The molecule has 5 nitrogen and oxygen atoms in total. The van der Waals surface area contributed by atoms with Crippen molar-refractivity contribution < 1.29 is 14.3 Å². The zero-order chi connectivity index (χ0) is 15.2. The second kappa shape index (κ2) is 7.96. The normalized spacial score (nSPS) is 28.6. The molecule has 0 saturated heterocycles. The lowest BCUT2D eigenvalue weighted by Crippen LogP contribution is -2.61. The Labute approximate surface area is 122 Å². The van der Waals surface area contributed by atoms with E-state index in [9.17, 15) is 4.79 Å². The Morgan fingerprint density at radius 3 is 2.70 bits per heavy atom. The van der Waals surface area contributed by atoms with Crippen molar-refractivity contribution in [2.24, 2.45) is 5.73 Å². The minimum absolute atomic E-state index is 0.0441. The van der Waals surface area contributed by atoms with E-state index in [-0.39, 0.29) is 24.2 Å². The van der Waals surface area contributed by atoms with E-state index >= 15 is 0 Å². The van der Waals surface area contributed by atoms with E-state index in [2.05, 4.69) is 5.32 Å². The van der Waals surface area contributed by atoms with Crippen molar-refractivity contribution in [3.8, 4) is 0 Å². The Bertz CT molecular complexity index is 309. The lowest BCUT2D eigenvalue weighted by Gasteiger charge is -2.41. The van der Waals surface area contributed by atoms with Crippen LogP contribution >= 0.6 is 0 Å². The van der Waals surface area contributed by atoms with Gasteiger partial charge < -0.3 is 20.5 Å². The molecule has 1 amide bonds. The third kappa shape index (κ3) is 5.04. The highest BCUT2D eigenvalue weighted by Gasteiger charge is 2.42. The predicted octanol–water partition coefficient (Wildman–Crippen LogP) is 1.59. The van der Waals surface area contributed by atoms with Crippen molar-refractivity contribution in [2.45, 2.75) is 77.2 Å². The molecule has 0 radical (unpaired) electrons. The van der Waals surface area contributed by atoms with Gasteiger partial charge in [0.15, 0.2) is 0 Å². The van der Waals surface area contributed by atoms with Gasteiger partial charge in [0, 0.05) is 19.1 Å². The van der Waals surface area contributed by atoms with Crippen LogP contribution in [0.5, 0.6) is 0 Å². The van der Waals surface area contributed by atoms with E-state index < -0.39 is 5.54 Å². The molecule has 0 aromatic rings. The fourth-order valence-corrected chi connectivity index (χ4v) is 2.97. The second-order valence-electron chi connectivity index (χ2n) is 6.07. The predicted molar refractivity (Wildman–Crippen MR) is 79.5 cm³/mol. The molecule has 118 valence electrons. The Hall–Kier alpha value is -0.650. The van der Waals surface area contributed by atoms with Crippen molar-refractivity contribution >= 4 is 5.91 Å². The highest BCUT2D eigenvalue weighted by atomic mass is 16.5. The van der Waals surface area contributed by atoms with Crippen molar-refractivity contribution in [3.05, 3.63) is 0 Å². The zero-order valence-electron chi connectivity index (χ0n) is 13.3. The number of hydrogen-bond donors (Lipinski definition) is 2. The van der Waals surface area contributed by atoms with Gasteiger partial charge in [0.25, 0.3) is 0 Å². The summed E-state index contributed by atoms with van der Waals surface area (Å²) in [7, 11) is 0. The van der Waals surface area contributed by atoms with Gasteiger partial charge in [0.1, 0.15) is 5.54 Å². The average molecular weight is 286 g/mol. The number of nitrogens with two attached hydrogens (primary N) is 1. The van der Waals surface area contributed by atoms with Gasteiger partial charge in [-0.3, -0.25) is 4.79 Å². The number of amides is 1. The molecule has 0 aromatic carbocycles. The Morgan fingerprint density at radius 2 is 2.15 bits per heavy atom. The van der Waals surface area contributed by atoms with Crippen LogP contribution in [-0.2, 0) is 14.3 Å². The summed E-state index contributed by atoms with van der Waals surface area (Å²) in [5.41, 5.74) is 5.02. The second-order valence-corrected chi connectivity index (χ2v) is 6.07. The van der Waals surface area contributed by atoms with Gasteiger partial charge in [-0.1, -0.05) is 0 Å². The zero-order valence-corrected chi connectivity index (χ0v) is 13.3. The fourth-order valence-electron chi connectivity index (χ4n) is 2.97. The van der Waals surface area contributed by atoms with Crippen LogP contribution in [0.2, 0.25) is 0 Å². The molecule has 1 aliphatic carbocycles. The molecule has 3 N–H and O–H groups in total. The maximum absolute atomic E-state index is 11.9. The average Bonchev–Trinajstić information content (AvgIpc) is 2.35. The van der Waals surface area contributed by atoms with Gasteiger partial charge in [-0.2, -0.15) is 0 Å². The summed E-state index contributed by atoms with van der Waals surface area (Å²) in [6.07, 6.45) is 3.48. The molecular weight excluding hydrogens is 256 g/mol. The number of carbonyl (C=O) groups excluding carboxylic acids is 1. The van der Waals surface area contributed by atoms with Crippen LogP contribution in [0.15, 0.2) is 0 Å². The maximum Gasteiger partial charge on any atom is 0.237 e. The molecular formula is C15H30N2O3. The topological polar surface area (TPSA) is 73.6 Å². The third-order valence-electron chi connectivity index (χ3n) is 3.72. The Morgan fingerprint density at radius 1 is 1.45 bits per heavy atom. The van der Waals surface area contributed by atoms with Crippen LogP contribution in [0, 0.1) is 0 Å². The molecule has 1 saturated carbocycles. The number of hydrogen-bond acceptors (Lipinski definition) is 4. The molecule has 3 atom stereocenters. The van der Waals surface area contributed by atoms with Crippen LogP contribution in [0.1, 0.15) is 53.4 Å². The standard InChI is InChI=1S/C15H30N2O3/c1-5-19-10-12(4)20-13-7-6-8-15(9-13,14(16)18)17-11(2)3/h11-13,17H,5-10H2,1-4H3,(H2,16,18). The molecule has 1 rings (SSSR count). The Balaban J connectivity index is 2.61. The van der Waals surface area contributed by atoms with Gasteiger partial charge in [-0.05, 0) is 47.0 Å². The first kappa shape index (κ1) is 17.4. The molecule has 3 unspecified atom stereocenters. The third-order valence-corrected chi connectivity index (χ3v) is 3.72. The molecule has 0 spiro atoms. The molecule has 0 aromatic heterocycles. The summed E-state index contributed by atoms with van der Waals surface area (Å²) in [6.45, 7) is 9.33. The Kier molecular flexibility index (Phi) is 6.92. The van der Waals surface area contributed by atoms with Gasteiger partial charge in [0.2, 0.25) is 5.91 Å². The van der Waals surface area contributed by atoms with E-state index in [0.29, 0.717) is 19.6 Å². The first-order valence-electron chi connectivity index (χ1n) is 7.70. The fraction of sp³-hybridized carbons (Fsp3) is 0.933.